The molecular formula is C24H22F3NO. The van der Waals surface area contributed by atoms with Gasteiger partial charge in [-0.05, 0) is 58.9 Å². The average molecular weight is 397 g/mol. The molecule has 150 valence electrons. The summed E-state index contributed by atoms with van der Waals surface area (Å²) in [5.41, 5.74) is 4.77. The molecule has 0 atom stereocenters. The fourth-order valence-electron chi connectivity index (χ4n) is 3.93. The van der Waals surface area contributed by atoms with Gasteiger partial charge in [-0.1, -0.05) is 48.5 Å². The normalized spacial score (nSPS) is 14.0. The Labute approximate surface area is 168 Å². The number of aryl methyl sites for hydroxylation is 1. The molecule has 2 nitrogen and oxygen atoms in total. The molecule has 0 saturated carbocycles. The van der Waals surface area contributed by atoms with Gasteiger partial charge >= 0.3 is 6.18 Å². The zero-order valence-electron chi connectivity index (χ0n) is 15.9. The van der Waals surface area contributed by atoms with Crippen LogP contribution in [0.1, 0.15) is 28.7 Å². The Morgan fingerprint density at radius 3 is 2.38 bits per heavy atom. The minimum atomic E-state index is -4.36. The highest BCUT2D eigenvalue weighted by Gasteiger charge is 2.32. The lowest BCUT2D eigenvalue weighted by Crippen LogP contribution is -2.29. The molecule has 1 aliphatic rings. The molecule has 0 aromatic heterocycles. The van der Waals surface area contributed by atoms with Gasteiger partial charge in [-0.15, -0.1) is 0 Å². The molecule has 5 heteroatoms. The van der Waals surface area contributed by atoms with E-state index in [2.05, 4.69) is 0 Å². The van der Waals surface area contributed by atoms with Crippen molar-refractivity contribution in [2.75, 3.05) is 11.4 Å². The van der Waals surface area contributed by atoms with Gasteiger partial charge in [0.15, 0.2) is 0 Å². The van der Waals surface area contributed by atoms with Crippen LogP contribution >= 0.6 is 0 Å². The number of aliphatic hydroxyl groups excluding tert-OH is 1. The summed E-state index contributed by atoms with van der Waals surface area (Å²) in [7, 11) is 0. The molecule has 0 saturated heterocycles. The van der Waals surface area contributed by atoms with Crippen molar-refractivity contribution >= 4 is 5.69 Å². The zero-order chi connectivity index (χ0) is 20.4. The van der Waals surface area contributed by atoms with E-state index < -0.39 is 11.7 Å². The monoisotopic (exact) mass is 397 g/mol. The van der Waals surface area contributed by atoms with Crippen molar-refractivity contribution in [3.63, 3.8) is 0 Å². The molecule has 0 aliphatic carbocycles. The number of hydrogen-bond donors (Lipinski definition) is 1. The Balaban J connectivity index is 1.70. The number of aliphatic hydroxyl groups is 1. The van der Waals surface area contributed by atoms with E-state index in [-0.39, 0.29) is 6.61 Å². The highest BCUT2D eigenvalue weighted by molar-refractivity contribution is 5.65. The van der Waals surface area contributed by atoms with E-state index in [1.54, 1.807) is 6.07 Å². The maximum absolute atomic E-state index is 13.2. The summed E-state index contributed by atoms with van der Waals surface area (Å²) in [6, 6.07) is 19.8. The van der Waals surface area contributed by atoms with Crippen molar-refractivity contribution in [1.82, 2.24) is 0 Å². The maximum atomic E-state index is 13.2. The van der Waals surface area contributed by atoms with Crippen LogP contribution in [-0.2, 0) is 25.7 Å². The standard InChI is InChI=1S/C24H22F3NO/c25-24(26,27)22-11-10-18-7-4-12-28(23(18)14-22)15-21-13-19(8-9-20(21)16-29)17-5-2-1-3-6-17/h1-3,5-6,8-11,13-14,29H,4,7,12,15-16H2. The summed E-state index contributed by atoms with van der Waals surface area (Å²) in [4.78, 5) is 2.00. The number of rotatable bonds is 4. The van der Waals surface area contributed by atoms with Gasteiger partial charge in [0.1, 0.15) is 0 Å². The van der Waals surface area contributed by atoms with E-state index >= 15 is 0 Å². The van der Waals surface area contributed by atoms with Crippen LogP contribution in [0.2, 0.25) is 0 Å². The third-order valence-electron chi connectivity index (χ3n) is 5.47. The van der Waals surface area contributed by atoms with Crippen LogP contribution in [0.5, 0.6) is 0 Å². The first-order chi connectivity index (χ1) is 14.0. The number of fused-ring (bicyclic) bond motifs is 1. The van der Waals surface area contributed by atoms with Gasteiger partial charge < -0.3 is 10.0 Å². The molecule has 0 bridgehead atoms. The van der Waals surface area contributed by atoms with Gasteiger partial charge in [-0.3, -0.25) is 0 Å². The summed E-state index contributed by atoms with van der Waals surface area (Å²) >= 11 is 0. The maximum Gasteiger partial charge on any atom is 0.416 e. The fourth-order valence-corrected chi connectivity index (χ4v) is 3.93. The molecule has 0 unspecified atom stereocenters. The van der Waals surface area contributed by atoms with Crippen molar-refractivity contribution in [1.29, 1.82) is 0 Å². The molecule has 1 aliphatic heterocycles. The lowest BCUT2D eigenvalue weighted by atomic mass is 9.96. The Bertz CT molecular complexity index is 999. The van der Waals surface area contributed by atoms with Gasteiger partial charge in [0.2, 0.25) is 0 Å². The van der Waals surface area contributed by atoms with Crippen LogP contribution in [-0.4, -0.2) is 11.7 Å². The summed E-state index contributed by atoms with van der Waals surface area (Å²) in [5.74, 6) is 0. The number of nitrogens with zero attached hydrogens (tertiary/aromatic N) is 1. The van der Waals surface area contributed by atoms with Crippen molar-refractivity contribution in [3.05, 3.63) is 89.0 Å². The van der Waals surface area contributed by atoms with E-state index in [1.807, 2.05) is 53.4 Å². The largest absolute Gasteiger partial charge is 0.416 e. The average Bonchev–Trinajstić information content (AvgIpc) is 2.73. The quantitative estimate of drug-likeness (QED) is 0.600. The molecule has 1 N–H and O–H groups in total. The van der Waals surface area contributed by atoms with Crippen LogP contribution in [0.3, 0.4) is 0 Å². The van der Waals surface area contributed by atoms with Crippen molar-refractivity contribution in [3.8, 4) is 11.1 Å². The number of alkyl halides is 3. The molecule has 0 amide bonds. The lowest BCUT2D eigenvalue weighted by Gasteiger charge is -2.32. The summed E-state index contributed by atoms with van der Waals surface area (Å²) in [5, 5.41) is 9.79. The van der Waals surface area contributed by atoms with Crippen molar-refractivity contribution in [2.24, 2.45) is 0 Å². The van der Waals surface area contributed by atoms with Gasteiger partial charge in [0.25, 0.3) is 0 Å². The second-order valence-electron chi connectivity index (χ2n) is 7.37. The highest BCUT2D eigenvalue weighted by atomic mass is 19.4. The topological polar surface area (TPSA) is 23.5 Å². The predicted molar refractivity (Wildman–Crippen MR) is 109 cm³/mol. The van der Waals surface area contributed by atoms with Gasteiger partial charge in [-0.25, -0.2) is 0 Å². The molecule has 3 aromatic carbocycles. The highest BCUT2D eigenvalue weighted by Crippen LogP contribution is 2.36. The first kappa shape index (κ1) is 19.5. The van der Waals surface area contributed by atoms with Crippen LogP contribution < -0.4 is 4.90 Å². The first-order valence-electron chi connectivity index (χ1n) is 9.69. The summed E-state index contributed by atoms with van der Waals surface area (Å²) in [6.45, 7) is 1.05. The van der Waals surface area contributed by atoms with Gasteiger partial charge in [0, 0.05) is 18.8 Å². The van der Waals surface area contributed by atoms with Crippen molar-refractivity contribution < 1.29 is 18.3 Å². The minimum Gasteiger partial charge on any atom is -0.392 e. The molecule has 0 fully saturated rings. The van der Waals surface area contributed by atoms with Crippen LogP contribution in [0.15, 0.2) is 66.7 Å². The second-order valence-corrected chi connectivity index (χ2v) is 7.37. The van der Waals surface area contributed by atoms with Crippen molar-refractivity contribution in [2.45, 2.75) is 32.2 Å². The van der Waals surface area contributed by atoms with Crippen LogP contribution in [0, 0.1) is 0 Å². The molecule has 0 spiro atoms. The molecule has 4 rings (SSSR count). The van der Waals surface area contributed by atoms with Gasteiger partial charge in [0.05, 0.1) is 12.2 Å². The second kappa shape index (κ2) is 7.91. The smallest absolute Gasteiger partial charge is 0.392 e. The third kappa shape index (κ3) is 4.15. The Hall–Kier alpha value is -2.79. The van der Waals surface area contributed by atoms with Gasteiger partial charge in [-0.2, -0.15) is 13.2 Å². The van der Waals surface area contributed by atoms with E-state index in [9.17, 15) is 18.3 Å². The summed E-state index contributed by atoms with van der Waals surface area (Å²) in [6.07, 6.45) is -2.69. The first-order valence-corrected chi connectivity index (χ1v) is 9.69. The SMILES string of the molecule is OCc1ccc(-c2ccccc2)cc1CN1CCCc2ccc(C(F)(F)F)cc21. The van der Waals surface area contributed by atoms with E-state index in [1.165, 1.54) is 6.07 Å². The zero-order valence-corrected chi connectivity index (χ0v) is 15.9. The molecular weight excluding hydrogens is 375 g/mol. The Morgan fingerprint density at radius 2 is 1.66 bits per heavy atom. The van der Waals surface area contributed by atoms with Crippen LogP contribution in [0.25, 0.3) is 11.1 Å². The summed E-state index contributed by atoms with van der Waals surface area (Å²) < 4.78 is 39.7. The Morgan fingerprint density at radius 1 is 0.862 bits per heavy atom. The molecule has 29 heavy (non-hydrogen) atoms. The molecule has 0 radical (unpaired) electrons. The lowest BCUT2D eigenvalue weighted by molar-refractivity contribution is -0.137. The number of benzene rings is 3. The number of hydrogen-bond acceptors (Lipinski definition) is 2. The molecule has 3 aromatic rings. The predicted octanol–water partition coefficient (Wildman–Crippen LogP) is 5.82. The molecule has 1 heterocycles. The number of anilines is 1. The van der Waals surface area contributed by atoms with E-state index in [0.29, 0.717) is 18.8 Å². The fraction of sp³-hybridized carbons (Fsp3) is 0.250. The van der Waals surface area contributed by atoms with Crippen LogP contribution in [0.4, 0.5) is 18.9 Å². The number of halogens is 3. The van der Waals surface area contributed by atoms with E-state index in [4.69, 9.17) is 0 Å². The van der Waals surface area contributed by atoms with E-state index in [0.717, 1.165) is 46.7 Å². The minimum absolute atomic E-state index is 0.103. The third-order valence-corrected chi connectivity index (χ3v) is 5.47. The Kier molecular flexibility index (Phi) is 5.33.